The fourth-order valence-corrected chi connectivity index (χ4v) is 3.56. The third-order valence-corrected chi connectivity index (χ3v) is 5.55. The number of nitrogens with two attached hydrogens (primary N) is 1. The van der Waals surface area contributed by atoms with Gasteiger partial charge in [-0.25, -0.2) is 4.98 Å². The lowest BCUT2D eigenvalue weighted by Gasteiger charge is -2.57. The maximum absolute atomic E-state index is 12.5. The van der Waals surface area contributed by atoms with Gasteiger partial charge in [-0.05, 0) is 25.5 Å². The lowest BCUT2D eigenvalue weighted by atomic mass is 9.54. The number of aromatic nitrogens is 2. The molecule has 0 spiro atoms. The van der Waals surface area contributed by atoms with Crippen LogP contribution >= 0.6 is 24.8 Å². The molecule has 0 bridgehead atoms. The fraction of sp³-hybridized carbons (Fsp3) is 0.579. The number of benzene rings is 1. The number of halogens is 2. The van der Waals surface area contributed by atoms with Crippen LogP contribution in [0.5, 0.6) is 0 Å². The highest BCUT2D eigenvalue weighted by Crippen LogP contribution is 2.49. The second-order valence-corrected chi connectivity index (χ2v) is 7.40. The van der Waals surface area contributed by atoms with Crippen molar-refractivity contribution < 1.29 is 9.53 Å². The molecule has 3 rings (SSSR count). The molecule has 2 aromatic rings. The Hall–Kier alpha value is -1.34. The van der Waals surface area contributed by atoms with Crippen molar-refractivity contribution >= 4 is 41.8 Å². The van der Waals surface area contributed by atoms with Crippen molar-refractivity contribution in [2.24, 2.45) is 11.1 Å². The molecule has 1 aromatic heterocycles. The number of nitrogens with one attached hydrogen (secondary N) is 2. The fourth-order valence-electron chi connectivity index (χ4n) is 3.56. The molecule has 1 amide bonds. The molecule has 152 valence electrons. The number of ether oxygens (including phenoxy) is 1. The third-order valence-electron chi connectivity index (χ3n) is 5.55. The summed E-state index contributed by atoms with van der Waals surface area (Å²) in [5, 5.41) is 2.99. The van der Waals surface area contributed by atoms with Gasteiger partial charge in [0.25, 0.3) is 0 Å². The summed E-state index contributed by atoms with van der Waals surface area (Å²) in [6.07, 6.45) is 2.22. The Morgan fingerprint density at radius 1 is 1.37 bits per heavy atom. The van der Waals surface area contributed by atoms with Crippen molar-refractivity contribution in [3.63, 3.8) is 0 Å². The van der Waals surface area contributed by atoms with Crippen LogP contribution in [0.3, 0.4) is 0 Å². The van der Waals surface area contributed by atoms with E-state index in [0.29, 0.717) is 19.6 Å². The van der Waals surface area contributed by atoms with Gasteiger partial charge in [0.2, 0.25) is 5.91 Å². The van der Waals surface area contributed by atoms with Crippen LogP contribution in [0, 0.1) is 5.41 Å². The standard InChI is InChI=1S/C19H28N4O2.2ClH/c1-4-25-15-12-19(20,18(15,2)3)17(24)21-11-7-10-16-22-13-8-5-6-9-14(13)23-16;;/h5-6,8-9,15H,4,7,10-12,20H2,1-3H3,(H,21,24)(H,22,23);2*1H. The lowest BCUT2D eigenvalue weighted by Crippen LogP contribution is -2.75. The Balaban J connectivity index is 0.00000182. The van der Waals surface area contributed by atoms with Gasteiger partial charge in [0, 0.05) is 31.4 Å². The number of fused-ring (bicyclic) bond motifs is 1. The van der Waals surface area contributed by atoms with E-state index < -0.39 is 5.54 Å². The van der Waals surface area contributed by atoms with Crippen LogP contribution < -0.4 is 11.1 Å². The Morgan fingerprint density at radius 3 is 2.70 bits per heavy atom. The predicted octanol–water partition coefficient (Wildman–Crippen LogP) is 2.99. The highest BCUT2D eigenvalue weighted by Gasteiger charge is 2.62. The number of amides is 1. The number of rotatable bonds is 7. The minimum Gasteiger partial charge on any atom is -0.378 e. The van der Waals surface area contributed by atoms with Crippen molar-refractivity contribution in [1.82, 2.24) is 15.3 Å². The number of H-pyrrole nitrogens is 1. The minimum absolute atomic E-state index is 0. The van der Waals surface area contributed by atoms with Gasteiger partial charge in [-0.1, -0.05) is 26.0 Å². The third kappa shape index (κ3) is 4.40. The van der Waals surface area contributed by atoms with Gasteiger partial charge in [0.1, 0.15) is 11.4 Å². The number of hydrogen-bond acceptors (Lipinski definition) is 4. The monoisotopic (exact) mass is 416 g/mol. The number of aromatic amines is 1. The first-order valence-electron chi connectivity index (χ1n) is 9.01. The number of carbonyl (C=O) groups is 1. The number of hydrogen-bond donors (Lipinski definition) is 3. The van der Waals surface area contributed by atoms with Crippen LogP contribution in [-0.4, -0.2) is 40.7 Å². The van der Waals surface area contributed by atoms with Gasteiger partial charge in [0.15, 0.2) is 0 Å². The van der Waals surface area contributed by atoms with Crippen molar-refractivity contribution in [3.8, 4) is 0 Å². The average Bonchev–Trinajstić information content (AvgIpc) is 3.00. The van der Waals surface area contributed by atoms with Crippen LogP contribution in [0.25, 0.3) is 11.0 Å². The van der Waals surface area contributed by atoms with E-state index in [1.54, 1.807) is 0 Å². The maximum Gasteiger partial charge on any atom is 0.240 e. The smallest absolute Gasteiger partial charge is 0.240 e. The van der Waals surface area contributed by atoms with Crippen molar-refractivity contribution in [3.05, 3.63) is 30.1 Å². The second kappa shape index (κ2) is 9.24. The first kappa shape index (κ1) is 23.7. The molecule has 8 heteroatoms. The summed E-state index contributed by atoms with van der Waals surface area (Å²) in [6, 6.07) is 7.97. The maximum atomic E-state index is 12.5. The molecule has 2 unspecified atom stereocenters. The van der Waals surface area contributed by atoms with Crippen molar-refractivity contribution in [2.75, 3.05) is 13.2 Å². The largest absolute Gasteiger partial charge is 0.378 e. The molecule has 0 saturated heterocycles. The number of nitrogens with zero attached hydrogens (tertiary/aromatic N) is 1. The number of carbonyl (C=O) groups excluding carboxylic acids is 1. The molecule has 1 saturated carbocycles. The van der Waals surface area contributed by atoms with Gasteiger partial charge in [-0.15, -0.1) is 24.8 Å². The topological polar surface area (TPSA) is 93.0 Å². The summed E-state index contributed by atoms with van der Waals surface area (Å²) in [5.41, 5.74) is 7.18. The molecule has 1 aliphatic carbocycles. The van der Waals surface area contributed by atoms with Crippen LogP contribution in [-0.2, 0) is 16.0 Å². The molecule has 1 fully saturated rings. The Labute approximate surface area is 172 Å². The van der Waals surface area contributed by atoms with E-state index in [1.165, 1.54) is 0 Å². The van der Waals surface area contributed by atoms with Crippen LogP contribution in [0.2, 0.25) is 0 Å². The van der Waals surface area contributed by atoms with Gasteiger partial charge >= 0.3 is 0 Å². The van der Waals surface area contributed by atoms with E-state index in [4.69, 9.17) is 10.5 Å². The number of aryl methyl sites for hydroxylation is 1. The number of para-hydroxylation sites is 2. The second-order valence-electron chi connectivity index (χ2n) is 7.40. The molecule has 1 aromatic carbocycles. The minimum atomic E-state index is -0.855. The van der Waals surface area contributed by atoms with E-state index in [0.717, 1.165) is 29.7 Å². The summed E-state index contributed by atoms with van der Waals surface area (Å²) >= 11 is 0. The van der Waals surface area contributed by atoms with Crippen LogP contribution in [0.15, 0.2) is 24.3 Å². The van der Waals surface area contributed by atoms with Crippen molar-refractivity contribution in [2.45, 2.75) is 51.7 Å². The molecule has 0 aliphatic heterocycles. The van der Waals surface area contributed by atoms with E-state index in [2.05, 4.69) is 15.3 Å². The summed E-state index contributed by atoms with van der Waals surface area (Å²) in [4.78, 5) is 20.4. The zero-order valence-electron chi connectivity index (χ0n) is 16.1. The predicted molar refractivity (Wildman–Crippen MR) is 113 cm³/mol. The average molecular weight is 417 g/mol. The van der Waals surface area contributed by atoms with Gasteiger partial charge in [-0.2, -0.15) is 0 Å². The van der Waals surface area contributed by atoms with Crippen LogP contribution in [0.4, 0.5) is 0 Å². The first-order chi connectivity index (χ1) is 11.9. The molecule has 0 radical (unpaired) electrons. The van der Waals surface area contributed by atoms with E-state index in [-0.39, 0.29) is 42.2 Å². The molecular weight excluding hydrogens is 387 g/mol. The zero-order chi connectivity index (χ0) is 18.1. The van der Waals surface area contributed by atoms with Gasteiger partial charge in [0.05, 0.1) is 17.1 Å². The molecular formula is C19H30Cl2N4O2. The highest BCUT2D eigenvalue weighted by molar-refractivity contribution is 5.88. The molecule has 27 heavy (non-hydrogen) atoms. The SMILES string of the molecule is CCOC1CC(N)(C(=O)NCCCc2nc3ccccc3[nH]2)C1(C)C.Cl.Cl. The van der Waals surface area contributed by atoms with E-state index in [9.17, 15) is 4.79 Å². The summed E-state index contributed by atoms with van der Waals surface area (Å²) in [7, 11) is 0. The Morgan fingerprint density at radius 2 is 2.07 bits per heavy atom. The number of imidazole rings is 1. The Kier molecular flexibility index (Phi) is 8.11. The highest BCUT2D eigenvalue weighted by atomic mass is 35.5. The van der Waals surface area contributed by atoms with E-state index in [1.807, 2.05) is 45.0 Å². The van der Waals surface area contributed by atoms with E-state index >= 15 is 0 Å². The first-order valence-corrected chi connectivity index (χ1v) is 9.01. The lowest BCUT2D eigenvalue weighted by molar-refractivity contribution is -0.170. The zero-order valence-corrected chi connectivity index (χ0v) is 17.7. The molecule has 2 atom stereocenters. The molecule has 4 N–H and O–H groups in total. The molecule has 1 heterocycles. The van der Waals surface area contributed by atoms with Crippen LogP contribution in [0.1, 0.15) is 39.4 Å². The van der Waals surface area contributed by atoms with Crippen molar-refractivity contribution in [1.29, 1.82) is 0 Å². The summed E-state index contributed by atoms with van der Waals surface area (Å²) in [6.45, 7) is 7.20. The summed E-state index contributed by atoms with van der Waals surface area (Å²) in [5.74, 6) is 0.858. The normalized spacial score (nSPS) is 23.0. The quantitative estimate of drug-likeness (QED) is 0.604. The van der Waals surface area contributed by atoms with Gasteiger partial charge < -0.3 is 20.8 Å². The Bertz CT molecular complexity index is 732. The molecule has 1 aliphatic rings. The van der Waals surface area contributed by atoms with Gasteiger partial charge in [-0.3, -0.25) is 4.79 Å². The summed E-state index contributed by atoms with van der Waals surface area (Å²) < 4.78 is 5.68. The molecule has 6 nitrogen and oxygen atoms in total.